The second kappa shape index (κ2) is 12.5. The summed E-state index contributed by atoms with van der Waals surface area (Å²) < 4.78 is 5.75. The van der Waals surface area contributed by atoms with E-state index in [0.29, 0.717) is 51.3 Å². The molecule has 3 aliphatic heterocycles. The lowest BCUT2D eigenvalue weighted by Crippen LogP contribution is -2.63. The summed E-state index contributed by atoms with van der Waals surface area (Å²) in [6.07, 6.45) is 3.43. The maximum absolute atomic E-state index is 14.0. The number of carbonyl (C=O) groups excluding carboxylic acids is 4. The zero-order valence-corrected chi connectivity index (χ0v) is 23.6. The van der Waals surface area contributed by atoms with Gasteiger partial charge in [-0.3, -0.25) is 14.4 Å². The van der Waals surface area contributed by atoms with Crippen molar-refractivity contribution in [3.05, 3.63) is 29.8 Å². The Morgan fingerprint density at radius 3 is 2.64 bits per heavy atom. The van der Waals surface area contributed by atoms with Gasteiger partial charge in [0.15, 0.2) is 0 Å². The zero-order valence-electron chi connectivity index (χ0n) is 23.6. The molecule has 3 heterocycles. The fraction of sp³-hybridized carbons (Fsp3) is 0.655. The molecular weight excluding hydrogens is 498 g/mol. The van der Waals surface area contributed by atoms with E-state index >= 15 is 0 Å². The van der Waals surface area contributed by atoms with Gasteiger partial charge >= 0.3 is 0 Å². The minimum atomic E-state index is -0.869. The maximum atomic E-state index is 14.0. The van der Waals surface area contributed by atoms with E-state index in [4.69, 9.17) is 4.74 Å². The van der Waals surface area contributed by atoms with E-state index in [1.165, 1.54) is 6.92 Å². The van der Waals surface area contributed by atoms with Gasteiger partial charge in [0.25, 0.3) is 0 Å². The normalized spacial score (nSPS) is 26.5. The number of amides is 3. The second-order valence-electron chi connectivity index (χ2n) is 11.7. The molecule has 0 spiro atoms. The summed E-state index contributed by atoms with van der Waals surface area (Å²) in [5.74, 6) is 0.677. The van der Waals surface area contributed by atoms with Gasteiger partial charge in [-0.2, -0.15) is 0 Å². The SMILES string of the molecule is CC(=O)N1CC[C@H]2CC[C@@H](C(=O)N[C@@H]3CCOc4ccccc43)N2C(=O)[C@@H](NCC(C)(C=O)NCC(C)C)C1. The van der Waals surface area contributed by atoms with Crippen LogP contribution in [0.3, 0.4) is 0 Å². The van der Waals surface area contributed by atoms with Crippen molar-refractivity contribution in [3.63, 3.8) is 0 Å². The molecule has 0 radical (unpaired) electrons. The van der Waals surface area contributed by atoms with Gasteiger partial charge in [-0.25, -0.2) is 0 Å². The number of ether oxygens (including phenoxy) is 1. The number of rotatable bonds is 9. The summed E-state index contributed by atoms with van der Waals surface area (Å²) in [5.41, 5.74) is 0.0790. The van der Waals surface area contributed by atoms with E-state index in [9.17, 15) is 19.2 Å². The van der Waals surface area contributed by atoms with Crippen LogP contribution >= 0.6 is 0 Å². The van der Waals surface area contributed by atoms with Crippen LogP contribution in [0.2, 0.25) is 0 Å². The monoisotopic (exact) mass is 541 g/mol. The number of hydrogen-bond acceptors (Lipinski definition) is 7. The molecule has 39 heavy (non-hydrogen) atoms. The molecule has 1 aromatic rings. The van der Waals surface area contributed by atoms with Gasteiger partial charge in [-0.05, 0) is 44.7 Å². The highest BCUT2D eigenvalue weighted by atomic mass is 16.5. The van der Waals surface area contributed by atoms with Crippen molar-refractivity contribution in [2.24, 2.45) is 5.92 Å². The van der Waals surface area contributed by atoms with Crippen molar-refractivity contribution in [3.8, 4) is 5.75 Å². The number of carbonyl (C=O) groups is 4. The van der Waals surface area contributed by atoms with Gasteiger partial charge in [0.1, 0.15) is 24.1 Å². The van der Waals surface area contributed by atoms with Crippen molar-refractivity contribution in [2.75, 3.05) is 32.8 Å². The Balaban J connectivity index is 1.51. The third-order valence-corrected chi connectivity index (χ3v) is 8.10. The molecule has 10 nitrogen and oxygen atoms in total. The van der Waals surface area contributed by atoms with Crippen LogP contribution < -0.4 is 20.7 Å². The summed E-state index contributed by atoms with van der Waals surface area (Å²) in [4.78, 5) is 55.4. The molecule has 214 valence electrons. The minimum absolute atomic E-state index is 0.0930. The maximum Gasteiger partial charge on any atom is 0.243 e. The van der Waals surface area contributed by atoms with E-state index < -0.39 is 17.6 Å². The predicted molar refractivity (Wildman–Crippen MR) is 147 cm³/mol. The molecule has 1 aromatic carbocycles. The molecule has 1 unspecified atom stereocenters. The Hall–Kier alpha value is -2.98. The first kappa shape index (κ1) is 29.0. The number of fused-ring (bicyclic) bond motifs is 2. The first-order valence-electron chi connectivity index (χ1n) is 14.2. The molecule has 0 aromatic heterocycles. The van der Waals surface area contributed by atoms with Gasteiger partial charge in [0.2, 0.25) is 17.7 Å². The zero-order chi connectivity index (χ0) is 28.2. The average molecular weight is 542 g/mol. The third-order valence-electron chi connectivity index (χ3n) is 8.10. The Labute approximate surface area is 231 Å². The molecule has 2 saturated heterocycles. The lowest BCUT2D eigenvalue weighted by atomic mass is 10.00. The Morgan fingerprint density at radius 2 is 1.92 bits per heavy atom. The van der Waals surface area contributed by atoms with Crippen LogP contribution in [-0.2, 0) is 19.2 Å². The third kappa shape index (κ3) is 6.78. The lowest BCUT2D eigenvalue weighted by Gasteiger charge is -2.40. The Bertz CT molecular complexity index is 1060. The standard InChI is InChI=1S/C29H43N5O5/c1-19(2)15-31-29(4,18-35)17-30-24-16-33(20(3)36)13-11-21-9-10-25(34(21)28(24)38)27(37)32-23-12-14-39-26-8-6-5-7-22(23)26/h5-8,18-19,21,23-25,30-31H,9-17H2,1-4H3,(H,32,37)/t21-,23-,24+,25+,29?/m1/s1. The molecule has 0 aliphatic carbocycles. The number of aldehydes is 1. The quantitative estimate of drug-likeness (QED) is 0.404. The molecule has 4 rings (SSSR count). The summed E-state index contributed by atoms with van der Waals surface area (Å²) >= 11 is 0. The van der Waals surface area contributed by atoms with E-state index in [0.717, 1.165) is 17.6 Å². The van der Waals surface area contributed by atoms with Crippen LogP contribution in [0.15, 0.2) is 24.3 Å². The van der Waals surface area contributed by atoms with Crippen LogP contribution in [0.25, 0.3) is 0 Å². The Morgan fingerprint density at radius 1 is 1.15 bits per heavy atom. The average Bonchev–Trinajstić information content (AvgIpc) is 3.34. The molecule has 0 bridgehead atoms. The van der Waals surface area contributed by atoms with Gasteiger partial charge in [0.05, 0.1) is 18.2 Å². The first-order chi connectivity index (χ1) is 18.6. The molecule has 2 fully saturated rings. The number of para-hydroxylation sites is 1. The Kier molecular flexibility index (Phi) is 9.27. The molecule has 3 N–H and O–H groups in total. The van der Waals surface area contributed by atoms with Crippen LogP contribution in [0.1, 0.15) is 65.0 Å². The fourth-order valence-electron chi connectivity index (χ4n) is 5.75. The van der Waals surface area contributed by atoms with Crippen molar-refractivity contribution < 1.29 is 23.9 Å². The highest BCUT2D eigenvalue weighted by Crippen LogP contribution is 2.34. The summed E-state index contributed by atoms with van der Waals surface area (Å²) in [6, 6.07) is 6.10. The van der Waals surface area contributed by atoms with Crippen LogP contribution in [0.5, 0.6) is 5.75 Å². The second-order valence-corrected chi connectivity index (χ2v) is 11.7. The molecular formula is C29H43N5O5. The van der Waals surface area contributed by atoms with Crippen molar-refractivity contribution in [1.29, 1.82) is 0 Å². The summed E-state index contributed by atoms with van der Waals surface area (Å²) in [5, 5.41) is 9.74. The molecule has 3 amide bonds. The number of nitrogens with one attached hydrogen (secondary N) is 3. The predicted octanol–water partition coefficient (Wildman–Crippen LogP) is 1.40. The van der Waals surface area contributed by atoms with Crippen LogP contribution in [0, 0.1) is 5.92 Å². The molecule has 3 aliphatic rings. The van der Waals surface area contributed by atoms with Gasteiger partial charge < -0.3 is 35.3 Å². The smallest absolute Gasteiger partial charge is 0.243 e. The van der Waals surface area contributed by atoms with Crippen molar-refractivity contribution >= 4 is 24.0 Å². The van der Waals surface area contributed by atoms with Crippen molar-refractivity contribution in [1.82, 2.24) is 25.8 Å². The summed E-state index contributed by atoms with van der Waals surface area (Å²) in [7, 11) is 0. The number of benzene rings is 1. The van der Waals surface area contributed by atoms with E-state index in [1.807, 2.05) is 24.3 Å². The molecule has 0 saturated carbocycles. The van der Waals surface area contributed by atoms with Gasteiger partial charge in [0, 0.05) is 44.6 Å². The van der Waals surface area contributed by atoms with E-state index in [1.54, 1.807) is 16.7 Å². The highest BCUT2D eigenvalue weighted by Gasteiger charge is 2.45. The lowest BCUT2D eigenvalue weighted by molar-refractivity contribution is -0.145. The summed E-state index contributed by atoms with van der Waals surface area (Å²) in [6.45, 7) is 9.53. The van der Waals surface area contributed by atoms with Crippen LogP contribution in [-0.4, -0.2) is 90.3 Å². The van der Waals surface area contributed by atoms with E-state index in [-0.39, 0.29) is 42.9 Å². The van der Waals surface area contributed by atoms with E-state index in [2.05, 4.69) is 29.8 Å². The highest BCUT2D eigenvalue weighted by molar-refractivity contribution is 5.91. The molecule has 10 heteroatoms. The number of hydrogen-bond donors (Lipinski definition) is 3. The largest absolute Gasteiger partial charge is 0.493 e. The minimum Gasteiger partial charge on any atom is -0.493 e. The van der Waals surface area contributed by atoms with Crippen LogP contribution in [0.4, 0.5) is 0 Å². The van der Waals surface area contributed by atoms with Crippen molar-refractivity contribution in [2.45, 2.75) is 83.1 Å². The molecule has 5 atom stereocenters. The fourth-order valence-corrected chi connectivity index (χ4v) is 5.75. The first-order valence-corrected chi connectivity index (χ1v) is 14.2. The number of nitrogens with zero attached hydrogens (tertiary/aromatic N) is 2. The van der Waals surface area contributed by atoms with Gasteiger partial charge in [-0.15, -0.1) is 0 Å². The van der Waals surface area contributed by atoms with Gasteiger partial charge in [-0.1, -0.05) is 32.0 Å². The topological polar surface area (TPSA) is 120 Å².